The van der Waals surface area contributed by atoms with Crippen molar-refractivity contribution in [2.75, 3.05) is 13.1 Å². The third kappa shape index (κ3) is 3.01. The summed E-state index contributed by atoms with van der Waals surface area (Å²) in [6, 6.07) is 6.36. The molecule has 1 fully saturated rings. The predicted molar refractivity (Wildman–Crippen MR) is 74.7 cm³/mol. The zero-order valence-electron chi connectivity index (χ0n) is 11.4. The van der Waals surface area contributed by atoms with E-state index >= 15 is 0 Å². The van der Waals surface area contributed by atoms with E-state index in [-0.39, 0.29) is 0 Å². The molecule has 19 heavy (non-hydrogen) atoms. The number of hydrogen-bond acceptors (Lipinski definition) is 3. The molecular weight excluding hydrogens is 236 g/mol. The molecule has 1 atom stereocenters. The smallest absolute Gasteiger partial charge is 0.0668 e. The topological polar surface area (TPSA) is 34.0 Å². The molecule has 0 N–H and O–H groups in total. The van der Waals surface area contributed by atoms with Gasteiger partial charge >= 0.3 is 0 Å². The Bertz CT molecular complexity index is 520. The normalized spacial score (nSPS) is 20.6. The molecule has 2 aromatic rings. The Kier molecular flexibility index (Phi) is 3.60. The van der Waals surface area contributed by atoms with E-state index in [1.807, 2.05) is 30.3 Å². The van der Waals surface area contributed by atoms with Gasteiger partial charge in [-0.05, 0) is 43.1 Å². The van der Waals surface area contributed by atoms with Gasteiger partial charge in [-0.1, -0.05) is 0 Å². The summed E-state index contributed by atoms with van der Waals surface area (Å²) >= 11 is 0. The lowest BCUT2D eigenvalue weighted by Crippen LogP contribution is -2.34. The zero-order chi connectivity index (χ0) is 13.1. The average molecular weight is 256 g/mol. The van der Waals surface area contributed by atoms with Gasteiger partial charge in [0.25, 0.3) is 0 Å². The van der Waals surface area contributed by atoms with Gasteiger partial charge in [0.1, 0.15) is 0 Å². The number of piperidine rings is 1. The van der Waals surface area contributed by atoms with Gasteiger partial charge in [0.05, 0.1) is 5.69 Å². The molecule has 0 amide bonds. The molecule has 0 spiro atoms. The highest BCUT2D eigenvalue weighted by Crippen LogP contribution is 2.26. The van der Waals surface area contributed by atoms with Crippen molar-refractivity contribution < 1.29 is 0 Å². The fourth-order valence-corrected chi connectivity index (χ4v) is 2.84. The molecule has 1 saturated heterocycles. The lowest BCUT2D eigenvalue weighted by atomic mass is 9.94. The first kappa shape index (κ1) is 12.4. The van der Waals surface area contributed by atoms with Crippen molar-refractivity contribution in [1.29, 1.82) is 0 Å². The van der Waals surface area contributed by atoms with Crippen LogP contribution in [0.15, 0.2) is 36.8 Å². The molecule has 0 aromatic carbocycles. The molecule has 4 nitrogen and oxygen atoms in total. The van der Waals surface area contributed by atoms with Gasteiger partial charge in [0.2, 0.25) is 0 Å². The van der Waals surface area contributed by atoms with Crippen LogP contribution < -0.4 is 0 Å². The van der Waals surface area contributed by atoms with Crippen molar-refractivity contribution in [2.24, 2.45) is 7.05 Å². The minimum absolute atomic E-state index is 0.580. The summed E-state index contributed by atoms with van der Waals surface area (Å²) in [5.41, 5.74) is 2.58. The maximum absolute atomic E-state index is 4.56. The van der Waals surface area contributed by atoms with Gasteiger partial charge in [-0.25, -0.2) is 0 Å². The second kappa shape index (κ2) is 5.53. The summed E-state index contributed by atoms with van der Waals surface area (Å²) in [7, 11) is 1.99. The molecule has 0 bridgehead atoms. The van der Waals surface area contributed by atoms with E-state index in [2.05, 4.69) is 33.2 Å². The van der Waals surface area contributed by atoms with Crippen LogP contribution >= 0.6 is 0 Å². The van der Waals surface area contributed by atoms with Crippen molar-refractivity contribution in [3.8, 4) is 0 Å². The molecule has 4 heteroatoms. The molecule has 3 rings (SSSR count). The van der Waals surface area contributed by atoms with E-state index in [0.717, 1.165) is 13.1 Å². The van der Waals surface area contributed by atoms with Crippen LogP contribution in [0, 0.1) is 0 Å². The van der Waals surface area contributed by atoms with E-state index in [4.69, 9.17) is 0 Å². The molecule has 100 valence electrons. The van der Waals surface area contributed by atoms with E-state index < -0.39 is 0 Å². The Morgan fingerprint density at radius 1 is 1.26 bits per heavy atom. The van der Waals surface area contributed by atoms with Crippen molar-refractivity contribution >= 4 is 0 Å². The number of likely N-dealkylation sites (tertiary alicyclic amines) is 1. The molecule has 1 aliphatic rings. The van der Waals surface area contributed by atoms with Crippen LogP contribution in [-0.2, 0) is 13.6 Å². The summed E-state index contributed by atoms with van der Waals surface area (Å²) in [5.74, 6) is 0.580. The average Bonchev–Trinajstić information content (AvgIpc) is 2.87. The molecule has 0 saturated carbocycles. The van der Waals surface area contributed by atoms with Crippen LogP contribution in [0.4, 0.5) is 0 Å². The third-order valence-electron chi connectivity index (χ3n) is 3.81. The summed E-state index contributed by atoms with van der Waals surface area (Å²) in [6.45, 7) is 3.32. The van der Waals surface area contributed by atoms with E-state index in [1.54, 1.807) is 0 Å². The second-order valence-electron chi connectivity index (χ2n) is 5.34. The number of pyridine rings is 1. The van der Waals surface area contributed by atoms with Crippen LogP contribution in [0.25, 0.3) is 0 Å². The minimum atomic E-state index is 0.580. The van der Waals surface area contributed by atoms with Gasteiger partial charge in [-0.15, -0.1) is 0 Å². The fraction of sp³-hybridized carbons (Fsp3) is 0.467. The lowest BCUT2D eigenvalue weighted by molar-refractivity contribution is 0.198. The summed E-state index contributed by atoms with van der Waals surface area (Å²) in [4.78, 5) is 6.60. The predicted octanol–water partition coefficient (Wildman–Crippen LogP) is 2.19. The number of aromatic nitrogens is 3. The van der Waals surface area contributed by atoms with Crippen LogP contribution in [0.5, 0.6) is 0 Å². The highest BCUT2D eigenvalue weighted by atomic mass is 15.3. The second-order valence-corrected chi connectivity index (χ2v) is 5.34. The highest BCUT2D eigenvalue weighted by Gasteiger charge is 2.22. The molecule has 0 radical (unpaired) electrons. The monoisotopic (exact) mass is 256 g/mol. The van der Waals surface area contributed by atoms with Crippen molar-refractivity contribution in [3.63, 3.8) is 0 Å². The zero-order valence-corrected chi connectivity index (χ0v) is 11.4. The Labute approximate surface area is 114 Å². The largest absolute Gasteiger partial charge is 0.298 e. The van der Waals surface area contributed by atoms with Gasteiger partial charge in [0, 0.05) is 44.6 Å². The van der Waals surface area contributed by atoms with Gasteiger partial charge < -0.3 is 0 Å². The van der Waals surface area contributed by atoms with Gasteiger partial charge in [-0.2, -0.15) is 5.10 Å². The SMILES string of the molecule is Cn1ccc(C2CCCN(Cc3ccncc3)C2)n1. The Morgan fingerprint density at radius 2 is 2.11 bits per heavy atom. The maximum Gasteiger partial charge on any atom is 0.0668 e. The van der Waals surface area contributed by atoms with Crippen LogP contribution in [0.3, 0.4) is 0 Å². The summed E-state index contributed by atoms with van der Waals surface area (Å²) in [5, 5.41) is 4.56. The number of nitrogens with zero attached hydrogens (tertiary/aromatic N) is 4. The first-order chi connectivity index (χ1) is 9.31. The van der Waals surface area contributed by atoms with Crippen molar-refractivity contribution in [1.82, 2.24) is 19.7 Å². The first-order valence-corrected chi connectivity index (χ1v) is 6.92. The van der Waals surface area contributed by atoms with Gasteiger partial charge in [0.15, 0.2) is 0 Å². The quantitative estimate of drug-likeness (QED) is 0.844. The lowest BCUT2D eigenvalue weighted by Gasteiger charge is -2.31. The Morgan fingerprint density at radius 3 is 2.84 bits per heavy atom. The minimum Gasteiger partial charge on any atom is -0.298 e. The third-order valence-corrected chi connectivity index (χ3v) is 3.81. The number of aryl methyl sites for hydroxylation is 1. The first-order valence-electron chi connectivity index (χ1n) is 6.92. The Hall–Kier alpha value is -1.68. The van der Waals surface area contributed by atoms with Crippen LogP contribution in [0.1, 0.15) is 30.0 Å². The van der Waals surface area contributed by atoms with E-state index in [1.165, 1.54) is 30.6 Å². The summed E-state index contributed by atoms with van der Waals surface area (Å²) < 4.78 is 1.90. The molecule has 2 aromatic heterocycles. The molecule has 0 aliphatic carbocycles. The maximum atomic E-state index is 4.56. The van der Waals surface area contributed by atoms with E-state index in [9.17, 15) is 0 Å². The number of hydrogen-bond donors (Lipinski definition) is 0. The van der Waals surface area contributed by atoms with E-state index in [0.29, 0.717) is 5.92 Å². The van der Waals surface area contributed by atoms with Crippen molar-refractivity contribution in [3.05, 3.63) is 48.0 Å². The highest BCUT2D eigenvalue weighted by molar-refractivity contribution is 5.11. The summed E-state index contributed by atoms with van der Waals surface area (Å²) in [6.07, 6.45) is 8.29. The standard InChI is InChI=1S/C15H20N4/c1-18-10-6-15(17-18)14-3-2-9-19(12-14)11-13-4-7-16-8-5-13/h4-8,10,14H,2-3,9,11-12H2,1H3. The number of rotatable bonds is 3. The van der Waals surface area contributed by atoms with Crippen LogP contribution in [0.2, 0.25) is 0 Å². The molecule has 3 heterocycles. The van der Waals surface area contributed by atoms with Crippen LogP contribution in [-0.4, -0.2) is 32.8 Å². The molecule has 1 unspecified atom stereocenters. The Balaban J connectivity index is 1.65. The molecule has 1 aliphatic heterocycles. The van der Waals surface area contributed by atoms with Crippen molar-refractivity contribution in [2.45, 2.75) is 25.3 Å². The fourth-order valence-electron chi connectivity index (χ4n) is 2.84. The van der Waals surface area contributed by atoms with Gasteiger partial charge in [-0.3, -0.25) is 14.6 Å². The molecular formula is C15H20N4.